The van der Waals surface area contributed by atoms with E-state index >= 15 is 4.39 Å². The number of hydrogen-bond acceptors (Lipinski definition) is 6. The number of benzene rings is 1. The van der Waals surface area contributed by atoms with E-state index in [-0.39, 0.29) is 23.4 Å². The molecule has 8 nitrogen and oxygen atoms in total. The molecule has 1 aromatic carbocycles. The number of ether oxygens (including phenoxy) is 1. The van der Waals surface area contributed by atoms with Gasteiger partial charge in [0.15, 0.2) is 5.76 Å². The molecule has 2 aliphatic heterocycles. The summed E-state index contributed by atoms with van der Waals surface area (Å²) in [6, 6.07) is 10.4. The minimum Gasteiger partial charge on any atom is -0.505 e. The van der Waals surface area contributed by atoms with Gasteiger partial charge in [-0.2, -0.15) is 0 Å². The topological polar surface area (TPSA) is 87.4 Å². The summed E-state index contributed by atoms with van der Waals surface area (Å²) in [4.78, 5) is 34.5. The Bertz CT molecular complexity index is 1310. The van der Waals surface area contributed by atoms with Gasteiger partial charge in [0.2, 0.25) is 0 Å². The van der Waals surface area contributed by atoms with Gasteiger partial charge in [-0.15, -0.1) is 0 Å². The van der Waals surface area contributed by atoms with Gasteiger partial charge in [-0.05, 0) is 31.5 Å². The van der Waals surface area contributed by atoms with Crippen LogP contribution in [0.25, 0.3) is 11.4 Å². The number of aryl methyl sites for hydroxylation is 1. The van der Waals surface area contributed by atoms with E-state index in [1.165, 1.54) is 11.0 Å². The minimum atomic E-state index is -1.03. The molecule has 0 saturated carbocycles. The fourth-order valence-corrected chi connectivity index (χ4v) is 4.95. The lowest BCUT2D eigenvalue weighted by molar-refractivity contribution is -0.140. The largest absolute Gasteiger partial charge is 0.505 e. The van der Waals surface area contributed by atoms with Crippen molar-refractivity contribution in [1.29, 1.82) is 0 Å². The average Bonchev–Trinajstić information content (AvgIpc) is 3.33. The third kappa shape index (κ3) is 4.21. The van der Waals surface area contributed by atoms with Gasteiger partial charge < -0.3 is 14.7 Å². The van der Waals surface area contributed by atoms with E-state index in [2.05, 4.69) is 9.88 Å². The lowest BCUT2D eigenvalue weighted by atomic mass is 9.95. The van der Waals surface area contributed by atoms with Crippen molar-refractivity contribution in [3.05, 3.63) is 77.0 Å². The Morgan fingerprint density at radius 1 is 1.11 bits per heavy atom. The maximum Gasteiger partial charge on any atom is 0.295 e. The molecular weight excluding hydrogens is 451 g/mol. The molecule has 0 radical (unpaired) electrons. The number of aliphatic hydroxyl groups excluding tert-OH is 1. The number of carbonyl (C=O) groups is 2. The van der Waals surface area contributed by atoms with Crippen LogP contribution in [-0.2, 0) is 14.3 Å². The predicted molar refractivity (Wildman–Crippen MR) is 127 cm³/mol. The number of nitrogens with zero attached hydrogens (tertiary/aromatic N) is 4. The van der Waals surface area contributed by atoms with Crippen LogP contribution in [0.15, 0.2) is 54.2 Å². The number of halogens is 1. The molecule has 2 fully saturated rings. The summed E-state index contributed by atoms with van der Waals surface area (Å²) in [5.74, 6) is -2.47. The molecule has 35 heavy (non-hydrogen) atoms. The van der Waals surface area contributed by atoms with Gasteiger partial charge in [0.25, 0.3) is 11.7 Å². The van der Waals surface area contributed by atoms with Crippen LogP contribution in [0.5, 0.6) is 0 Å². The molecule has 2 aromatic heterocycles. The van der Waals surface area contributed by atoms with Gasteiger partial charge in [-0.3, -0.25) is 18.9 Å². The molecule has 4 heterocycles. The highest BCUT2D eigenvalue weighted by atomic mass is 19.1. The van der Waals surface area contributed by atoms with Crippen LogP contribution >= 0.6 is 0 Å². The molecule has 0 bridgehead atoms. The summed E-state index contributed by atoms with van der Waals surface area (Å²) in [7, 11) is 0. The quantitative estimate of drug-likeness (QED) is 0.333. The summed E-state index contributed by atoms with van der Waals surface area (Å²) in [5, 5.41) is 11.4. The molecule has 1 atom stereocenters. The molecule has 5 rings (SSSR count). The number of amides is 1. The second-order valence-electron chi connectivity index (χ2n) is 8.80. The number of hydrogen-bond donors (Lipinski definition) is 1. The average molecular weight is 479 g/mol. The van der Waals surface area contributed by atoms with Crippen LogP contribution in [-0.4, -0.2) is 75.4 Å². The maximum atomic E-state index is 15.0. The van der Waals surface area contributed by atoms with E-state index in [1.807, 2.05) is 6.07 Å². The van der Waals surface area contributed by atoms with E-state index in [9.17, 15) is 14.7 Å². The smallest absolute Gasteiger partial charge is 0.295 e. The first-order valence-electron chi connectivity index (χ1n) is 11.7. The predicted octanol–water partition coefficient (Wildman–Crippen LogP) is 2.93. The van der Waals surface area contributed by atoms with Crippen LogP contribution in [0.3, 0.4) is 0 Å². The Balaban J connectivity index is 1.56. The highest BCUT2D eigenvalue weighted by Gasteiger charge is 2.47. The van der Waals surface area contributed by atoms with Gasteiger partial charge in [0, 0.05) is 37.9 Å². The van der Waals surface area contributed by atoms with E-state index in [4.69, 9.17) is 4.74 Å². The fraction of sp³-hybridized carbons (Fsp3) is 0.346. The Morgan fingerprint density at radius 2 is 1.86 bits per heavy atom. The number of carbonyl (C=O) groups excluding carboxylic acids is 2. The number of likely N-dealkylation sites (tertiary alicyclic amines) is 1. The number of morpholine rings is 1. The van der Waals surface area contributed by atoms with E-state index in [0.717, 1.165) is 19.6 Å². The summed E-state index contributed by atoms with van der Waals surface area (Å²) in [5.41, 5.74) is 1.45. The van der Waals surface area contributed by atoms with Crippen LogP contribution < -0.4 is 0 Å². The molecule has 182 valence electrons. The molecular formula is C26H27FN4O4. The molecule has 0 spiro atoms. The summed E-state index contributed by atoms with van der Waals surface area (Å²) < 4.78 is 22.0. The number of Topliss-reactive ketones (excluding diaryl/α,β-unsaturated/α-hetero) is 1. The number of pyridine rings is 1. The number of fused-ring (bicyclic) bond motifs is 1. The third-order valence-electron chi connectivity index (χ3n) is 6.65. The number of aromatic nitrogens is 2. The standard InChI is InChI=1S/C26H27FN4O4/c1-17-22(30-11-5-4-9-20(30)28-17)24(32)21-23(18-7-2-3-8-19(18)27)31(26(34)25(21)33)12-6-10-29-13-15-35-16-14-29/h2-5,7-9,11,23,32H,6,10,12-16H2,1H3/b24-21+/t23-/m1/s1. The lowest BCUT2D eigenvalue weighted by Gasteiger charge is -2.29. The van der Waals surface area contributed by atoms with Gasteiger partial charge in [-0.25, -0.2) is 9.37 Å². The molecule has 1 N–H and O–H groups in total. The zero-order valence-corrected chi connectivity index (χ0v) is 19.5. The highest BCUT2D eigenvalue weighted by Crippen LogP contribution is 2.40. The van der Waals surface area contributed by atoms with Crippen LogP contribution in [0.4, 0.5) is 4.39 Å². The molecule has 3 aromatic rings. The highest BCUT2D eigenvalue weighted by molar-refractivity contribution is 6.46. The fourth-order valence-electron chi connectivity index (χ4n) is 4.95. The van der Waals surface area contributed by atoms with Crippen molar-refractivity contribution in [3.63, 3.8) is 0 Å². The normalized spacial score (nSPS) is 20.7. The first kappa shape index (κ1) is 23.2. The minimum absolute atomic E-state index is 0.125. The van der Waals surface area contributed by atoms with Gasteiger partial charge in [0.05, 0.1) is 30.5 Å². The Hall–Kier alpha value is -3.56. The first-order chi connectivity index (χ1) is 17.0. The van der Waals surface area contributed by atoms with Gasteiger partial charge in [-0.1, -0.05) is 24.3 Å². The second-order valence-corrected chi connectivity index (χ2v) is 8.80. The van der Waals surface area contributed by atoms with E-state index < -0.39 is 23.5 Å². The van der Waals surface area contributed by atoms with Crippen molar-refractivity contribution in [2.75, 3.05) is 39.4 Å². The molecule has 9 heteroatoms. The third-order valence-corrected chi connectivity index (χ3v) is 6.65. The van der Waals surface area contributed by atoms with Crippen LogP contribution in [0, 0.1) is 12.7 Å². The Morgan fingerprint density at radius 3 is 2.63 bits per heavy atom. The van der Waals surface area contributed by atoms with Crippen molar-refractivity contribution in [3.8, 4) is 0 Å². The van der Waals surface area contributed by atoms with Crippen molar-refractivity contribution in [2.45, 2.75) is 19.4 Å². The van der Waals surface area contributed by atoms with Gasteiger partial charge in [0.1, 0.15) is 17.2 Å². The monoisotopic (exact) mass is 478 g/mol. The molecule has 2 saturated heterocycles. The molecule has 0 aliphatic carbocycles. The lowest BCUT2D eigenvalue weighted by Crippen LogP contribution is -2.39. The summed E-state index contributed by atoms with van der Waals surface area (Å²) in [6.45, 7) is 5.65. The van der Waals surface area contributed by atoms with E-state index in [0.29, 0.717) is 36.7 Å². The van der Waals surface area contributed by atoms with Gasteiger partial charge >= 0.3 is 0 Å². The number of aliphatic hydroxyl groups is 1. The molecule has 1 amide bonds. The van der Waals surface area contributed by atoms with Crippen LogP contribution in [0.1, 0.15) is 29.4 Å². The number of imidazole rings is 1. The van der Waals surface area contributed by atoms with Crippen LogP contribution in [0.2, 0.25) is 0 Å². The Labute approximate surface area is 202 Å². The number of rotatable bonds is 6. The van der Waals surface area contributed by atoms with Crippen molar-refractivity contribution in [1.82, 2.24) is 19.2 Å². The zero-order chi connectivity index (χ0) is 24.5. The molecule has 2 aliphatic rings. The first-order valence-corrected chi connectivity index (χ1v) is 11.7. The number of ketones is 1. The summed E-state index contributed by atoms with van der Waals surface area (Å²) in [6.07, 6.45) is 2.33. The SMILES string of the molecule is Cc1nc2ccccn2c1/C(O)=C1\C(=O)C(=O)N(CCCN2CCOCC2)[C@@H]1c1ccccc1F. The van der Waals surface area contributed by atoms with Crippen molar-refractivity contribution < 1.29 is 23.8 Å². The van der Waals surface area contributed by atoms with Crippen molar-refractivity contribution >= 4 is 23.1 Å². The molecule has 0 unspecified atom stereocenters. The van der Waals surface area contributed by atoms with E-state index in [1.54, 1.807) is 47.9 Å². The Kier molecular flexibility index (Phi) is 6.36. The zero-order valence-electron chi connectivity index (χ0n) is 19.5. The summed E-state index contributed by atoms with van der Waals surface area (Å²) >= 11 is 0. The second kappa shape index (κ2) is 9.59. The maximum absolute atomic E-state index is 15.0. The van der Waals surface area contributed by atoms with Crippen molar-refractivity contribution in [2.24, 2.45) is 0 Å².